The minimum absolute atomic E-state index is 0.0280. The maximum atomic E-state index is 12.7. The van der Waals surface area contributed by atoms with Crippen LogP contribution in [0, 0.1) is 13.8 Å². The lowest BCUT2D eigenvalue weighted by Gasteiger charge is -2.11. The fraction of sp³-hybridized carbons (Fsp3) is 0.120. The minimum atomic E-state index is -3.94. The van der Waals surface area contributed by atoms with E-state index < -0.39 is 21.5 Å². The van der Waals surface area contributed by atoms with E-state index in [4.69, 9.17) is 4.84 Å². The molecule has 36 heavy (non-hydrogen) atoms. The zero-order chi connectivity index (χ0) is 25.7. The van der Waals surface area contributed by atoms with Crippen LogP contribution in [-0.4, -0.2) is 29.0 Å². The SMILES string of the molecule is Cc1cc(C)nc(NS(=O)(=O)c2ccc(NC(=O)c3cccn(OCc4ccccc4)c3=O)cc2)n1. The van der Waals surface area contributed by atoms with Crippen LogP contribution in [0.2, 0.25) is 0 Å². The second kappa shape index (κ2) is 10.4. The van der Waals surface area contributed by atoms with Crippen molar-refractivity contribution in [2.24, 2.45) is 0 Å². The lowest BCUT2D eigenvalue weighted by molar-refractivity contribution is 0.0863. The molecule has 0 atom stereocenters. The van der Waals surface area contributed by atoms with Crippen molar-refractivity contribution in [2.45, 2.75) is 25.3 Å². The van der Waals surface area contributed by atoms with E-state index in [1.165, 1.54) is 42.6 Å². The molecule has 184 valence electrons. The molecule has 0 saturated heterocycles. The van der Waals surface area contributed by atoms with Crippen molar-refractivity contribution in [3.8, 4) is 0 Å². The smallest absolute Gasteiger partial charge is 0.295 e. The van der Waals surface area contributed by atoms with Gasteiger partial charge in [-0.1, -0.05) is 30.3 Å². The molecule has 0 unspecified atom stereocenters. The third-order valence-electron chi connectivity index (χ3n) is 5.00. The molecular weight excluding hydrogens is 482 g/mol. The van der Waals surface area contributed by atoms with Gasteiger partial charge in [0.2, 0.25) is 5.95 Å². The number of anilines is 2. The van der Waals surface area contributed by atoms with E-state index in [0.717, 1.165) is 10.3 Å². The van der Waals surface area contributed by atoms with E-state index in [1.54, 1.807) is 19.9 Å². The van der Waals surface area contributed by atoms with E-state index >= 15 is 0 Å². The highest BCUT2D eigenvalue weighted by atomic mass is 32.2. The molecule has 2 aromatic carbocycles. The highest BCUT2D eigenvalue weighted by Gasteiger charge is 2.17. The maximum absolute atomic E-state index is 12.7. The number of rotatable bonds is 8. The molecule has 10 nitrogen and oxygen atoms in total. The van der Waals surface area contributed by atoms with Gasteiger partial charge in [-0.15, -0.1) is 0 Å². The summed E-state index contributed by atoms with van der Waals surface area (Å²) in [6.45, 7) is 3.63. The van der Waals surface area contributed by atoms with Gasteiger partial charge in [0.15, 0.2) is 0 Å². The molecule has 0 radical (unpaired) electrons. The van der Waals surface area contributed by atoms with Gasteiger partial charge < -0.3 is 10.2 Å². The molecule has 2 heterocycles. The van der Waals surface area contributed by atoms with E-state index in [-0.39, 0.29) is 23.0 Å². The summed E-state index contributed by atoms with van der Waals surface area (Å²) in [6, 6.07) is 19.4. The Morgan fingerprint density at radius 3 is 2.28 bits per heavy atom. The van der Waals surface area contributed by atoms with Crippen LogP contribution in [0.1, 0.15) is 27.3 Å². The van der Waals surface area contributed by atoms with E-state index in [1.807, 2.05) is 30.3 Å². The standard InChI is InChI=1S/C25H23N5O5S/c1-17-15-18(2)27-25(26-17)29-36(33,34)21-12-10-20(11-13-21)28-23(31)22-9-6-14-30(24(22)32)35-16-19-7-4-3-5-8-19/h3-15H,16H2,1-2H3,(H,28,31)(H,26,27,29). The van der Waals surface area contributed by atoms with Crippen molar-refractivity contribution in [3.05, 3.63) is 112 Å². The molecule has 0 fully saturated rings. The molecule has 11 heteroatoms. The van der Waals surface area contributed by atoms with Gasteiger partial charge in [-0.3, -0.25) is 9.59 Å². The summed E-state index contributed by atoms with van der Waals surface area (Å²) in [5, 5.41) is 2.60. The van der Waals surface area contributed by atoms with Crippen molar-refractivity contribution < 1.29 is 18.0 Å². The number of hydrogen-bond donors (Lipinski definition) is 2. The molecular formula is C25H23N5O5S. The topological polar surface area (TPSA) is 132 Å². The van der Waals surface area contributed by atoms with Gasteiger partial charge in [-0.05, 0) is 61.9 Å². The largest absolute Gasteiger partial charge is 0.406 e. The quantitative estimate of drug-likeness (QED) is 0.376. The predicted octanol–water partition coefficient (Wildman–Crippen LogP) is 2.94. The van der Waals surface area contributed by atoms with Gasteiger partial charge in [0.25, 0.3) is 21.5 Å². The van der Waals surface area contributed by atoms with Crippen LogP contribution < -0.4 is 20.4 Å². The number of hydrogen-bond acceptors (Lipinski definition) is 7. The zero-order valence-corrected chi connectivity index (χ0v) is 20.3. The number of aryl methyl sites for hydroxylation is 2. The molecule has 2 N–H and O–H groups in total. The first-order valence-corrected chi connectivity index (χ1v) is 12.3. The number of amides is 1. The summed E-state index contributed by atoms with van der Waals surface area (Å²) in [6.07, 6.45) is 1.42. The van der Waals surface area contributed by atoms with Crippen molar-refractivity contribution in [3.63, 3.8) is 0 Å². The summed E-state index contributed by atoms with van der Waals surface area (Å²) in [7, 11) is -3.94. The van der Waals surface area contributed by atoms with Gasteiger partial charge in [0.05, 0.1) is 4.90 Å². The van der Waals surface area contributed by atoms with E-state index in [0.29, 0.717) is 17.1 Å². The highest BCUT2D eigenvalue weighted by Crippen LogP contribution is 2.17. The molecule has 0 saturated carbocycles. The summed E-state index contributed by atoms with van der Waals surface area (Å²) < 4.78 is 28.7. The third kappa shape index (κ3) is 5.94. The van der Waals surface area contributed by atoms with Crippen molar-refractivity contribution >= 4 is 27.6 Å². The summed E-state index contributed by atoms with van der Waals surface area (Å²) >= 11 is 0. The number of pyridine rings is 1. The molecule has 0 aliphatic rings. The monoisotopic (exact) mass is 505 g/mol. The second-order valence-electron chi connectivity index (χ2n) is 7.87. The number of nitrogens with zero attached hydrogens (tertiary/aromatic N) is 3. The number of benzene rings is 2. The van der Waals surface area contributed by atoms with Crippen LogP contribution in [0.4, 0.5) is 11.6 Å². The molecule has 2 aromatic heterocycles. The van der Waals surface area contributed by atoms with Crippen molar-refractivity contribution in [2.75, 3.05) is 10.0 Å². The van der Waals surface area contributed by atoms with Gasteiger partial charge in [0, 0.05) is 23.3 Å². The Morgan fingerprint density at radius 1 is 0.944 bits per heavy atom. The first-order valence-electron chi connectivity index (χ1n) is 10.9. The Balaban J connectivity index is 1.45. The van der Waals surface area contributed by atoms with Crippen molar-refractivity contribution in [1.29, 1.82) is 0 Å². The zero-order valence-electron chi connectivity index (χ0n) is 19.5. The number of nitrogens with one attached hydrogen (secondary N) is 2. The first kappa shape index (κ1) is 24.6. The summed E-state index contributed by atoms with van der Waals surface area (Å²) in [5.74, 6) is -0.685. The van der Waals surface area contributed by atoms with Crippen LogP contribution in [0.3, 0.4) is 0 Å². The highest BCUT2D eigenvalue weighted by molar-refractivity contribution is 7.92. The summed E-state index contributed by atoms with van der Waals surface area (Å²) in [5.41, 5.74) is 1.68. The predicted molar refractivity (Wildman–Crippen MR) is 134 cm³/mol. The van der Waals surface area contributed by atoms with Gasteiger partial charge >= 0.3 is 0 Å². The average molecular weight is 506 g/mol. The van der Waals surface area contributed by atoms with Gasteiger partial charge in [-0.25, -0.2) is 23.1 Å². The molecule has 0 aliphatic heterocycles. The Kier molecular flexibility index (Phi) is 7.11. The number of carbonyl (C=O) groups is 1. The minimum Gasteiger partial charge on any atom is -0.406 e. The lowest BCUT2D eigenvalue weighted by Crippen LogP contribution is -2.32. The summed E-state index contributed by atoms with van der Waals surface area (Å²) in [4.78, 5) is 39.1. The van der Waals surface area contributed by atoms with E-state index in [9.17, 15) is 18.0 Å². The molecule has 1 amide bonds. The Hall–Kier alpha value is -4.51. The normalized spacial score (nSPS) is 11.1. The van der Waals surface area contributed by atoms with Crippen LogP contribution >= 0.6 is 0 Å². The molecule has 0 bridgehead atoms. The molecule has 0 spiro atoms. The van der Waals surface area contributed by atoms with Crippen LogP contribution in [-0.2, 0) is 16.6 Å². The van der Waals surface area contributed by atoms with Gasteiger partial charge in [0.1, 0.15) is 12.2 Å². The van der Waals surface area contributed by atoms with Crippen LogP contribution in [0.5, 0.6) is 0 Å². The average Bonchev–Trinajstić information content (AvgIpc) is 2.83. The maximum Gasteiger partial charge on any atom is 0.295 e. The number of sulfonamides is 1. The molecule has 4 aromatic rings. The lowest BCUT2D eigenvalue weighted by atomic mass is 10.2. The van der Waals surface area contributed by atoms with E-state index in [2.05, 4.69) is 20.0 Å². The third-order valence-corrected chi connectivity index (χ3v) is 6.35. The van der Waals surface area contributed by atoms with Crippen LogP contribution in [0.15, 0.2) is 88.7 Å². The van der Waals surface area contributed by atoms with Crippen molar-refractivity contribution in [1.82, 2.24) is 14.7 Å². The number of aromatic nitrogens is 3. The fourth-order valence-electron chi connectivity index (χ4n) is 3.33. The second-order valence-corrected chi connectivity index (χ2v) is 9.55. The molecule has 0 aliphatic carbocycles. The Morgan fingerprint density at radius 2 is 1.61 bits per heavy atom. The fourth-order valence-corrected chi connectivity index (χ4v) is 4.28. The first-order chi connectivity index (χ1) is 17.2. The van der Waals surface area contributed by atoms with Gasteiger partial charge in [-0.2, -0.15) is 4.73 Å². The number of carbonyl (C=O) groups excluding carboxylic acids is 1. The van der Waals surface area contributed by atoms with Crippen LogP contribution in [0.25, 0.3) is 0 Å². The Bertz CT molecular complexity index is 1530. The molecule has 4 rings (SSSR count). The Labute approximate surface area is 207 Å².